The lowest BCUT2D eigenvalue weighted by molar-refractivity contribution is 0.582. The molecule has 0 aliphatic rings. The first-order valence-corrected chi connectivity index (χ1v) is 9.99. The van der Waals surface area contributed by atoms with Gasteiger partial charge < -0.3 is 5.32 Å². The van der Waals surface area contributed by atoms with E-state index in [9.17, 15) is 8.42 Å². The average molecular weight is 386 g/mol. The first kappa shape index (κ1) is 19.0. The van der Waals surface area contributed by atoms with Crippen LogP contribution in [0.15, 0.2) is 47.6 Å². The highest BCUT2D eigenvalue weighted by atomic mass is 32.2. The Kier molecular flexibility index (Phi) is 5.52. The fraction of sp³-hybridized carbons (Fsp3) is 0.278. The third kappa shape index (κ3) is 4.69. The van der Waals surface area contributed by atoms with Gasteiger partial charge in [-0.05, 0) is 44.5 Å². The molecule has 3 aromatic rings. The van der Waals surface area contributed by atoms with Crippen LogP contribution in [0.5, 0.6) is 0 Å². The van der Waals surface area contributed by atoms with Gasteiger partial charge in [0.25, 0.3) is 0 Å². The fourth-order valence-electron chi connectivity index (χ4n) is 2.66. The normalized spacial score (nSPS) is 11.5. The van der Waals surface area contributed by atoms with Gasteiger partial charge >= 0.3 is 0 Å². The third-order valence-corrected chi connectivity index (χ3v) is 5.36. The molecule has 2 aromatic heterocycles. The van der Waals surface area contributed by atoms with Crippen molar-refractivity contribution in [1.29, 1.82) is 0 Å². The number of aromatic nitrogens is 4. The summed E-state index contributed by atoms with van der Waals surface area (Å²) in [6, 6.07) is 10.5. The number of hydrogen-bond acceptors (Lipinski definition) is 6. The second kappa shape index (κ2) is 7.85. The molecule has 0 unspecified atom stereocenters. The molecule has 142 valence electrons. The predicted octanol–water partition coefficient (Wildman–Crippen LogP) is 1.98. The van der Waals surface area contributed by atoms with E-state index in [0.29, 0.717) is 18.2 Å². The number of hydrogen-bond donors (Lipinski definition) is 2. The molecule has 0 radical (unpaired) electrons. The van der Waals surface area contributed by atoms with Crippen LogP contribution in [-0.2, 0) is 10.0 Å². The highest BCUT2D eigenvalue weighted by molar-refractivity contribution is 7.89. The smallest absolute Gasteiger partial charge is 0.240 e. The van der Waals surface area contributed by atoms with Crippen LogP contribution in [0.2, 0.25) is 0 Å². The van der Waals surface area contributed by atoms with Gasteiger partial charge in [-0.25, -0.2) is 27.8 Å². The zero-order valence-electron chi connectivity index (χ0n) is 15.5. The van der Waals surface area contributed by atoms with Crippen molar-refractivity contribution in [3.63, 3.8) is 0 Å². The molecule has 0 saturated carbocycles. The SMILES string of the molecule is Cc1cccc(S(=O)(=O)NCCNc2cc(-n3nc(C)cc3C)ncn2)c1. The van der Waals surface area contributed by atoms with Crippen molar-refractivity contribution in [3.8, 4) is 5.82 Å². The molecule has 2 N–H and O–H groups in total. The van der Waals surface area contributed by atoms with Gasteiger partial charge in [0, 0.05) is 24.8 Å². The molecule has 0 saturated heterocycles. The quantitative estimate of drug-likeness (QED) is 0.602. The number of sulfonamides is 1. The fourth-order valence-corrected chi connectivity index (χ4v) is 3.80. The monoisotopic (exact) mass is 386 g/mol. The number of benzene rings is 1. The Morgan fingerprint density at radius 1 is 1.04 bits per heavy atom. The lowest BCUT2D eigenvalue weighted by Gasteiger charge is -2.10. The maximum atomic E-state index is 12.3. The second-order valence-corrected chi connectivity index (χ2v) is 8.01. The first-order valence-electron chi connectivity index (χ1n) is 8.51. The summed E-state index contributed by atoms with van der Waals surface area (Å²) in [5.41, 5.74) is 2.78. The highest BCUT2D eigenvalue weighted by Crippen LogP contribution is 2.12. The van der Waals surface area contributed by atoms with Gasteiger partial charge in [0.15, 0.2) is 5.82 Å². The molecular weight excluding hydrogens is 364 g/mol. The van der Waals surface area contributed by atoms with Crippen molar-refractivity contribution in [2.75, 3.05) is 18.4 Å². The van der Waals surface area contributed by atoms with Crippen LogP contribution in [-0.4, -0.2) is 41.3 Å². The van der Waals surface area contributed by atoms with Gasteiger partial charge in [-0.3, -0.25) is 0 Å². The minimum absolute atomic E-state index is 0.232. The van der Waals surface area contributed by atoms with E-state index in [4.69, 9.17) is 0 Å². The Hall–Kier alpha value is -2.78. The molecule has 0 aliphatic heterocycles. The van der Waals surface area contributed by atoms with E-state index in [0.717, 1.165) is 17.0 Å². The maximum Gasteiger partial charge on any atom is 0.240 e. The molecule has 0 aliphatic carbocycles. The minimum atomic E-state index is -3.53. The molecule has 9 heteroatoms. The van der Waals surface area contributed by atoms with E-state index < -0.39 is 10.0 Å². The topological polar surface area (TPSA) is 102 Å². The van der Waals surface area contributed by atoms with Gasteiger partial charge in [0.05, 0.1) is 10.6 Å². The average Bonchev–Trinajstić information content (AvgIpc) is 2.97. The van der Waals surface area contributed by atoms with Crippen LogP contribution in [0, 0.1) is 20.8 Å². The van der Waals surface area contributed by atoms with E-state index in [1.165, 1.54) is 6.33 Å². The number of nitrogens with one attached hydrogen (secondary N) is 2. The lowest BCUT2D eigenvalue weighted by Crippen LogP contribution is -2.29. The summed E-state index contributed by atoms with van der Waals surface area (Å²) in [6.45, 7) is 6.35. The van der Waals surface area contributed by atoms with Crippen molar-refractivity contribution in [3.05, 3.63) is 59.7 Å². The predicted molar refractivity (Wildman–Crippen MR) is 103 cm³/mol. The highest BCUT2D eigenvalue weighted by Gasteiger charge is 2.13. The minimum Gasteiger partial charge on any atom is -0.369 e. The molecule has 0 fully saturated rings. The summed E-state index contributed by atoms with van der Waals surface area (Å²) in [5, 5.41) is 7.50. The molecular formula is C18H22N6O2S. The molecule has 8 nitrogen and oxygen atoms in total. The summed E-state index contributed by atoms with van der Waals surface area (Å²) in [7, 11) is -3.53. The van der Waals surface area contributed by atoms with E-state index in [-0.39, 0.29) is 11.4 Å². The van der Waals surface area contributed by atoms with Crippen molar-refractivity contribution in [2.45, 2.75) is 25.7 Å². The zero-order chi connectivity index (χ0) is 19.4. The van der Waals surface area contributed by atoms with Gasteiger partial charge in [-0.15, -0.1) is 0 Å². The molecule has 3 rings (SSSR count). The van der Waals surface area contributed by atoms with Gasteiger partial charge in [-0.1, -0.05) is 12.1 Å². The Morgan fingerprint density at radius 2 is 1.85 bits per heavy atom. The van der Waals surface area contributed by atoms with E-state index in [2.05, 4.69) is 25.1 Å². The van der Waals surface area contributed by atoms with Crippen LogP contribution in [0.4, 0.5) is 5.82 Å². The summed E-state index contributed by atoms with van der Waals surface area (Å²) in [6.07, 6.45) is 1.45. The molecule has 0 amide bonds. The van der Waals surface area contributed by atoms with Crippen LogP contribution in [0.1, 0.15) is 17.0 Å². The Labute approximate surface area is 158 Å². The summed E-state index contributed by atoms with van der Waals surface area (Å²) >= 11 is 0. The van der Waals surface area contributed by atoms with E-state index in [1.807, 2.05) is 32.9 Å². The largest absolute Gasteiger partial charge is 0.369 e. The number of nitrogens with zero attached hydrogens (tertiary/aromatic N) is 4. The van der Waals surface area contributed by atoms with Crippen LogP contribution in [0.25, 0.3) is 5.82 Å². The van der Waals surface area contributed by atoms with Crippen LogP contribution in [0.3, 0.4) is 0 Å². The van der Waals surface area contributed by atoms with Crippen molar-refractivity contribution < 1.29 is 8.42 Å². The molecule has 2 heterocycles. The Balaban J connectivity index is 1.60. The van der Waals surface area contributed by atoms with Gasteiger partial charge in [0.2, 0.25) is 10.0 Å². The van der Waals surface area contributed by atoms with Crippen LogP contribution < -0.4 is 10.0 Å². The van der Waals surface area contributed by atoms with Crippen molar-refractivity contribution in [1.82, 2.24) is 24.5 Å². The lowest BCUT2D eigenvalue weighted by atomic mass is 10.2. The van der Waals surface area contributed by atoms with Gasteiger partial charge in [-0.2, -0.15) is 5.10 Å². The molecule has 1 aromatic carbocycles. The zero-order valence-corrected chi connectivity index (χ0v) is 16.3. The Morgan fingerprint density at radius 3 is 2.56 bits per heavy atom. The Bertz CT molecular complexity index is 1050. The van der Waals surface area contributed by atoms with Crippen molar-refractivity contribution in [2.24, 2.45) is 0 Å². The third-order valence-electron chi connectivity index (χ3n) is 3.90. The molecule has 0 atom stereocenters. The summed E-state index contributed by atoms with van der Waals surface area (Å²) in [5.74, 6) is 1.25. The van der Waals surface area contributed by atoms with E-state index >= 15 is 0 Å². The molecule has 0 spiro atoms. The van der Waals surface area contributed by atoms with Crippen molar-refractivity contribution >= 4 is 15.8 Å². The van der Waals surface area contributed by atoms with Gasteiger partial charge in [0.1, 0.15) is 12.1 Å². The maximum absolute atomic E-state index is 12.3. The van der Waals surface area contributed by atoms with E-state index in [1.54, 1.807) is 28.9 Å². The first-order chi connectivity index (χ1) is 12.8. The molecule has 0 bridgehead atoms. The molecule has 27 heavy (non-hydrogen) atoms. The standard InChI is InChI=1S/C18H22N6O2S/c1-13-5-4-6-16(9-13)27(25,26)22-8-7-19-17-11-18(21-12-20-17)24-15(3)10-14(2)23-24/h4-6,9-12,22H,7-8H2,1-3H3,(H,19,20,21). The summed E-state index contributed by atoms with van der Waals surface area (Å²) < 4.78 is 28.9. The summed E-state index contributed by atoms with van der Waals surface area (Å²) in [4.78, 5) is 8.66. The second-order valence-electron chi connectivity index (χ2n) is 6.24. The number of anilines is 1. The van der Waals surface area contributed by atoms with Crippen LogP contribution >= 0.6 is 0 Å². The number of rotatable bonds is 7. The number of aryl methyl sites for hydroxylation is 3.